The van der Waals surface area contributed by atoms with Gasteiger partial charge in [0.25, 0.3) is 5.56 Å². The molecule has 0 saturated heterocycles. The molecule has 0 aliphatic carbocycles. The van der Waals surface area contributed by atoms with E-state index in [2.05, 4.69) is 5.10 Å². The quantitative estimate of drug-likeness (QED) is 0.765. The number of halogens is 1. The van der Waals surface area contributed by atoms with Gasteiger partial charge in [-0.15, -0.1) is 0 Å². The third kappa shape index (κ3) is 1.59. The van der Waals surface area contributed by atoms with Crippen LogP contribution in [0, 0.1) is 0 Å². The summed E-state index contributed by atoms with van der Waals surface area (Å²) in [6, 6.07) is 8.94. The van der Waals surface area contributed by atoms with Crippen LogP contribution in [0.3, 0.4) is 0 Å². The number of aromatic amines is 1. The predicted octanol–water partition coefficient (Wildman–Crippen LogP) is 2.03. The average Bonchev–Trinajstić information content (AvgIpc) is 2.45. The lowest BCUT2D eigenvalue weighted by Gasteiger charge is -2.01. The SMILES string of the molecule is Cn1[nH]c(=O)cc1-c1cccc(Cl)c1. The number of H-pyrrole nitrogens is 1. The molecule has 1 heterocycles. The van der Waals surface area contributed by atoms with Crippen molar-refractivity contribution in [1.82, 2.24) is 9.78 Å². The third-order valence-electron chi connectivity index (χ3n) is 2.03. The van der Waals surface area contributed by atoms with Gasteiger partial charge in [0, 0.05) is 23.7 Å². The first-order chi connectivity index (χ1) is 6.66. The van der Waals surface area contributed by atoms with E-state index in [0.717, 1.165) is 11.3 Å². The van der Waals surface area contributed by atoms with E-state index in [4.69, 9.17) is 11.6 Å². The third-order valence-corrected chi connectivity index (χ3v) is 2.26. The van der Waals surface area contributed by atoms with Crippen LogP contribution < -0.4 is 5.56 Å². The van der Waals surface area contributed by atoms with Crippen LogP contribution in [0.2, 0.25) is 5.02 Å². The van der Waals surface area contributed by atoms with Gasteiger partial charge in [0.05, 0.1) is 5.69 Å². The normalized spacial score (nSPS) is 10.4. The summed E-state index contributed by atoms with van der Waals surface area (Å²) < 4.78 is 1.67. The van der Waals surface area contributed by atoms with Crippen LogP contribution in [0.1, 0.15) is 0 Å². The molecule has 72 valence electrons. The second-order valence-electron chi connectivity index (χ2n) is 3.07. The molecule has 2 rings (SSSR count). The minimum absolute atomic E-state index is 0.109. The molecular formula is C10H9ClN2O. The Kier molecular flexibility index (Phi) is 2.17. The summed E-state index contributed by atoms with van der Waals surface area (Å²) in [6.45, 7) is 0. The minimum atomic E-state index is -0.109. The monoisotopic (exact) mass is 208 g/mol. The fourth-order valence-electron chi connectivity index (χ4n) is 1.40. The average molecular weight is 209 g/mol. The summed E-state index contributed by atoms with van der Waals surface area (Å²) in [7, 11) is 1.79. The fourth-order valence-corrected chi connectivity index (χ4v) is 1.59. The molecule has 1 N–H and O–H groups in total. The smallest absolute Gasteiger partial charge is 0.264 e. The molecule has 0 spiro atoms. The van der Waals surface area contributed by atoms with Gasteiger partial charge in [0.1, 0.15) is 0 Å². The summed E-state index contributed by atoms with van der Waals surface area (Å²) >= 11 is 5.86. The maximum Gasteiger partial charge on any atom is 0.264 e. The van der Waals surface area contributed by atoms with Crippen molar-refractivity contribution in [3.05, 3.63) is 45.7 Å². The molecule has 0 fully saturated rings. The molecule has 0 bridgehead atoms. The van der Waals surface area contributed by atoms with E-state index >= 15 is 0 Å². The Morgan fingerprint density at radius 2 is 2.14 bits per heavy atom. The predicted molar refractivity (Wildman–Crippen MR) is 56.5 cm³/mol. The standard InChI is InChI=1S/C10H9ClN2O/c1-13-9(6-10(14)12-13)7-3-2-4-8(11)5-7/h2-6H,1H3,(H,12,14). The Morgan fingerprint density at radius 3 is 2.71 bits per heavy atom. The molecule has 0 unspecified atom stereocenters. The highest BCUT2D eigenvalue weighted by molar-refractivity contribution is 6.30. The molecule has 1 aromatic heterocycles. The molecule has 14 heavy (non-hydrogen) atoms. The minimum Gasteiger partial charge on any atom is -0.288 e. The first kappa shape index (κ1) is 9.09. The van der Waals surface area contributed by atoms with E-state index < -0.39 is 0 Å². The lowest BCUT2D eigenvalue weighted by molar-refractivity contribution is 0.764. The second kappa shape index (κ2) is 3.35. The van der Waals surface area contributed by atoms with E-state index in [1.807, 2.05) is 18.2 Å². The number of aryl methyl sites for hydroxylation is 1. The van der Waals surface area contributed by atoms with Crippen molar-refractivity contribution in [2.75, 3.05) is 0 Å². The Balaban J connectivity index is 2.59. The number of aromatic nitrogens is 2. The van der Waals surface area contributed by atoms with Gasteiger partial charge in [-0.3, -0.25) is 14.6 Å². The molecule has 3 nitrogen and oxygen atoms in total. The van der Waals surface area contributed by atoms with E-state index in [-0.39, 0.29) is 5.56 Å². The van der Waals surface area contributed by atoms with E-state index in [0.29, 0.717) is 5.02 Å². The Labute approximate surface area is 85.9 Å². The number of benzene rings is 1. The van der Waals surface area contributed by atoms with Crippen LogP contribution in [0.15, 0.2) is 35.1 Å². The van der Waals surface area contributed by atoms with Gasteiger partial charge in [-0.05, 0) is 12.1 Å². The van der Waals surface area contributed by atoms with Crippen LogP contribution in [-0.4, -0.2) is 9.78 Å². The van der Waals surface area contributed by atoms with Gasteiger partial charge in [-0.1, -0.05) is 23.7 Å². The first-order valence-corrected chi connectivity index (χ1v) is 4.56. The van der Waals surface area contributed by atoms with Crippen LogP contribution in [0.4, 0.5) is 0 Å². The fraction of sp³-hybridized carbons (Fsp3) is 0.100. The lowest BCUT2D eigenvalue weighted by atomic mass is 10.1. The first-order valence-electron chi connectivity index (χ1n) is 4.19. The molecule has 4 heteroatoms. The highest BCUT2D eigenvalue weighted by Crippen LogP contribution is 2.20. The van der Waals surface area contributed by atoms with Crippen molar-refractivity contribution >= 4 is 11.6 Å². The summed E-state index contributed by atoms with van der Waals surface area (Å²) in [6.07, 6.45) is 0. The zero-order valence-electron chi connectivity index (χ0n) is 7.62. The number of hydrogen-bond acceptors (Lipinski definition) is 1. The summed E-state index contributed by atoms with van der Waals surface area (Å²) in [4.78, 5) is 11.1. The molecule has 0 aliphatic rings. The molecule has 0 saturated carbocycles. The zero-order valence-corrected chi connectivity index (χ0v) is 8.38. The largest absolute Gasteiger partial charge is 0.288 e. The van der Waals surface area contributed by atoms with Crippen molar-refractivity contribution in [3.63, 3.8) is 0 Å². The molecular weight excluding hydrogens is 200 g/mol. The van der Waals surface area contributed by atoms with Gasteiger partial charge in [-0.2, -0.15) is 0 Å². The van der Waals surface area contributed by atoms with Crippen LogP contribution in [-0.2, 0) is 7.05 Å². The maximum absolute atomic E-state index is 11.1. The van der Waals surface area contributed by atoms with E-state index in [1.54, 1.807) is 23.9 Å². The lowest BCUT2D eigenvalue weighted by Crippen LogP contribution is -2.00. The Hall–Kier alpha value is -1.48. The number of nitrogens with one attached hydrogen (secondary N) is 1. The van der Waals surface area contributed by atoms with Crippen molar-refractivity contribution in [1.29, 1.82) is 0 Å². The molecule has 2 aromatic rings. The summed E-state index contributed by atoms with van der Waals surface area (Å²) in [5, 5.41) is 3.31. The zero-order chi connectivity index (χ0) is 10.1. The van der Waals surface area contributed by atoms with Crippen molar-refractivity contribution in [2.24, 2.45) is 7.05 Å². The van der Waals surface area contributed by atoms with Crippen molar-refractivity contribution < 1.29 is 0 Å². The van der Waals surface area contributed by atoms with E-state index in [9.17, 15) is 4.79 Å². The Bertz CT molecular complexity index is 513. The van der Waals surface area contributed by atoms with Gasteiger partial charge < -0.3 is 0 Å². The molecule has 0 radical (unpaired) electrons. The van der Waals surface area contributed by atoms with E-state index in [1.165, 1.54) is 0 Å². The Morgan fingerprint density at radius 1 is 1.36 bits per heavy atom. The second-order valence-corrected chi connectivity index (χ2v) is 3.51. The summed E-state index contributed by atoms with van der Waals surface area (Å²) in [5.74, 6) is 0. The number of hydrogen-bond donors (Lipinski definition) is 1. The van der Waals surface area contributed by atoms with Crippen molar-refractivity contribution in [3.8, 4) is 11.3 Å². The van der Waals surface area contributed by atoms with Gasteiger partial charge >= 0.3 is 0 Å². The van der Waals surface area contributed by atoms with Gasteiger partial charge in [0.15, 0.2) is 0 Å². The van der Waals surface area contributed by atoms with Gasteiger partial charge in [-0.25, -0.2) is 0 Å². The number of rotatable bonds is 1. The topological polar surface area (TPSA) is 37.8 Å². The van der Waals surface area contributed by atoms with Crippen LogP contribution in [0.5, 0.6) is 0 Å². The van der Waals surface area contributed by atoms with Gasteiger partial charge in [0.2, 0.25) is 0 Å². The maximum atomic E-state index is 11.1. The molecule has 0 aliphatic heterocycles. The van der Waals surface area contributed by atoms with Crippen LogP contribution in [0.25, 0.3) is 11.3 Å². The molecule has 0 amide bonds. The molecule has 0 atom stereocenters. The highest BCUT2D eigenvalue weighted by Gasteiger charge is 2.03. The number of nitrogens with zero attached hydrogens (tertiary/aromatic N) is 1. The van der Waals surface area contributed by atoms with Crippen molar-refractivity contribution in [2.45, 2.75) is 0 Å². The summed E-state index contributed by atoms with van der Waals surface area (Å²) in [5.41, 5.74) is 1.65. The molecule has 1 aromatic carbocycles. The van der Waals surface area contributed by atoms with Crippen LogP contribution >= 0.6 is 11.6 Å². The highest BCUT2D eigenvalue weighted by atomic mass is 35.5.